The maximum absolute atomic E-state index is 5.93. The maximum atomic E-state index is 5.93. The highest BCUT2D eigenvalue weighted by Crippen LogP contribution is 2.32. The van der Waals surface area contributed by atoms with Crippen LogP contribution in [0.3, 0.4) is 0 Å². The molecule has 1 aromatic carbocycles. The highest BCUT2D eigenvalue weighted by molar-refractivity contribution is 7.18. The van der Waals surface area contributed by atoms with Gasteiger partial charge in [-0.1, -0.05) is 35.1 Å². The number of rotatable bonds is 3. The van der Waals surface area contributed by atoms with Crippen molar-refractivity contribution in [1.82, 2.24) is 10.3 Å². The Kier molecular flexibility index (Phi) is 4.24. The molecule has 0 bridgehead atoms. The molecule has 0 unspecified atom stereocenters. The first kappa shape index (κ1) is 13.9. The fourth-order valence-electron chi connectivity index (χ4n) is 2.53. The SMILES string of the molecule is CN(c1ncc(-c2ccc(Cl)cc2)s1)C1CCNCC1. The summed E-state index contributed by atoms with van der Waals surface area (Å²) in [6.07, 6.45) is 4.33. The molecule has 3 nitrogen and oxygen atoms in total. The molecule has 106 valence electrons. The van der Waals surface area contributed by atoms with E-state index < -0.39 is 0 Å². The largest absolute Gasteiger partial charge is 0.348 e. The van der Waals surface area contributed by atoms with Crippen molar-refractivity contribution in [2.24, 2.45) is 0 Å². The third-order valence-corrected chi connectivity index (χ3v) is 5.17. The summed E-state index contributed by atoms with van der Waals surface area (Å²) in [6.45, 7) is 2.20. The van der Waals surface area contributed by atoms with Crippen LogP contribution in [0.5, 0.6) is 0 Å². The van der Waals surface area contributed by atoms with E-state index in [1.54, 1.807) is 11.3 Å². The molecule has 1 saturated heterocycles. The molecule has 0 radical (unpaired) electrons. The minimum atomic E-state index is 0.598. The van der Waals surface area contributed by atoms with Crippen LogP contribution in [-0.2, 0) is 0 Å². The van der Waals surface area contributed by atoms with Gasteiger partial charge in [-0.05, 0) is 43.6 Å². The Morgan fingerprint density at radius 1 is 1.25 bits per heavy atom. The molecular formula is C15H18ClN3S. The summed E-state index contributed by atoms with van der Waals surface area (Å²) in [5, 5.41) is 5.27. The molecule has 2 aromatic rings. The van der Waals surface area contributed by atoms with Crippen LogP contribution in [-0.4, -0.2) is 31.2 Å². The normalized spacial score (nSPS) is 16.3. The fraction of sp³-hybridized carbons (Fsp3) is 0.400. The standard InChI is InChI=1S/C15H18ClN3S/c1-19(13-6-8-17-9-7-13)15-18-10-14(20-15)11-2-4-12(16)5-3-11/h2-5,10,13,17H,6-9H2,1H3. The van der Waals surface area contributed by atoms with Gasteiger partial charge in [-0.25, -0.2) is 4.98 Å². The summed E-state index contributed by atoms with van der Waals surface area (Å²) >= 11 is 7.67. The van der Waals surface area contributed by atoms with Crippen molar-refractivity contribution in [2.75, 3.05) is 25.0 Å². The fourth-order valence-corrected chi connectivity index (χ4v) is 3.61. The Balaban J connectivity index is 1.77. The van der Waals surface area contributed by atoms with Crippen molar-refractivity contribution in [3.8, 4) is 10.4 Å². The van der Waals surface area contributed by atoms with Gasteiger partial charge in [-0.15, -0.1) is 0 Å². The number of hydrogen-bond acceptors (Lipinski definition) is 4. The van der Waals surface area contributed by atoms with Crippen LogP contribution in [0, 0.1) is 0 Å². The molecule has 0 saturated carbocycles. The average molecular weight is 308 g/mol. The number of halogens is 1. The lowest BCUT2D eigenvalue weighted by molar-refractivity contribution is 0.443. The van der Waals surface area contributed by atoms with Gasteiger partial charge in [0, 0.05) is 24.3 Å². The zero-order chi connectivity index (χ0) is 13.9. The van der Waals surface area contributed by atoms with Gasteiger partial charge in [-0.3, -0.25) is 0 Å². The Morgan fingerprint density at radius 2 is 1.95 bits per heavy atom. The van der Waals surface area contributed by atoms with E-state index in [0.717, 1.165) is 23.2 Å². The molecule has 0 aliphatic carbocycles. The van der Waals surface area contributed by atoms with Gasteiger partial charge >= 0.3 is 0 Å². The number of aromatic nitrogens is 1. The lowest BCUT2D eigenvalue weighted by atomic mass is 10.1. The van der Waals surface area contributed by atoms with Crippen LogP contribution in [0.1, 0.15) is 12.8 Å². The van der Waals surface area contributed by atoms with Crippen molar-refractivity contribution in [2.45, 2.75) is 18.9 Å². The summed E-state index contributed by atoms with van der Waals surface area (Å²) in [7, 11) is 2.15. The number of benzene rings is 1. The summed E-state index contributed by atoms with van der Waals surface area (Å²) < 4.78 is 0. The number of nitrogens with zero attached hydrogens (tertiary/aromatic N) is 2. The Morgan fingerprint density at radius 3 is 2.65 bits per heavy atom. The van der Waals surface area contributed by atoms with Gasteiger partial charge in [0.15, 0.2) is 5.13 Å². The molecule has 0 amide bonds. The van der Waals surface area contributed by atoms with Crippen LogP contribution in [0.2, 0.25) is 5.02 Å². The van der Waals surface area contributed by atoms with Gasteiger partial charge in [0.05, 0.1) is 4.88 Å². The molecule has 1 fully saturated rings. The lowest BCUT2D eigenvalue weighted by Crippen LogP contribution is -2.41. The highest BCUT2D eigenvalue weighted by Gasteiger charge is 2.20. The van der Waals surface area contributed by atoms with Crippen molar-refractivity contribution in [3.63, 3.8) is 0 Å². The van der Waals surface area contributed by atoms with E-state index in [2.05, 4.69) is 22.2 Å². The van der Waals surface area contributed by atoms with Gasteiger partial charge < -0.3 is 10.2 Å². The van der Waals surface area contributed by atoms with Crippen molar-refractivity contribution >= 4 is 28.1 Å². The molecule has 20 heavy (non-hydrogen) atoms. The van der Waals surface area contributed by atoms with Crippen molar-refractivity contribution < 1.29 is 0 Å². The molecule has 0 spiro atoms. The van der Waals surface area contributed by atoms with Gasteiger partial charge in [0.25, 0.3) is 0 Å². The van der Waals surface area contributed by atoms with Crippen LogP contribution in [0.4, 0.5) is 5.13 Å². The molecule has 1 aromatic heterocycles. The lowest BCUT2D eigenvalue weighted by Gasteiger charge is -2.31. The zero-order valence-electron chi connectivity index (χ0n) is 11.5. The third-order valence-electron chi connectivity index (χ3n) is 3.78. The molecular weight excluding hydrogens is 290 g/mol. The number of hydrogen-bond donors (Lipinski definition) is 1. The topological polar surface area (TPSA) is 28.2 Å². The second kappa shape index (κ2) is 6.12. The van der Waals surface area contributed by atoms with Crippen molar-refractivity contribution in [1.29, 1.82) is 0 Å². The second-order valence-electron chi connectivity index (χ2n) is 5.11. The maximum Gasteiger partial charge on any atom is 0.185 e. The number of thiazole rings is 1. The molecule has 3 rings (SSSR count). The molecule has 1 N–H and O–H groups in total. The Labute approximate surface area is 128 Å². The van der Waals surface area contributed by atoms with Gasteiger partial charge in [0.2, 0.25) is 0 Å². The number of anilines is 1. The minimum Gasteiger partial charge on any atom is -0.348 e. The third kappa shape index (κ3) is 2.97. The van der Waals surface area contributed by atoms with E-state index in [1.165, 1.54) is 23.3 Å². The summed E-state index contributed by atoms with van der Waals surface area (Å²) in [4.78, 5) is 8.10. The van der Waals surface area contributed by atoms with Gasteiger partial charge in [-0.2, -0.15) is 0 Å². The molecule has 0 atom stereocenters. The second-order valence-corrected chi connectivity index (χ2v) is 6.55. The van der Waals surface area contributed by atoms with E-state index >= 15 is 0 Å². The number of piperidine rings is 1. The first-order chi connectivity index (χ1) is 9.74. The summed E-state index contributed by atoms with van der Waals surface area (Å²) in [6, 6.07) is 8.54. The van der Waals surface area contributed by atoms with E-state index in [4.69, 9.17) is 11.6 Å². The van der Waals surface area contributed by atoms with E-state index in [1.807, 2.05) is 30.5 Å². The summed E-state index contributed by atoms with van der Waals surface area (Å²) in [5.41, 5.74) is 1.18. The van der Waals surface area contributed by atoms with Gasteiger partial charge in [0.1, 0.15) is 0 Å². The first-order valence-electron chi connectivity index (χ1n) is 6.89. The average Bonchev–Trinajstić information content (AvgIpc) is 2.98. The van der Waals surface area contributed by atoms with Crippen LogP contribution in [0.15, 0.2) is 30.5 Å². The van der Waals surface area contributed by atoms with Crippen LogP contribution in [0.25, 0.3) is 10.4 Å². The smallest absolute Gasteiger partial charge is 0.185 e. The van der Waals surface area contributed by atoms with E-state index in [9.17, 15) is 0 Å². The Bertz CT molecular complexity index is 561. The zero-order valence-corrected chi connectivity index (χ0v) is 13.0. The predicted octanol–water partition coefficient (Wildman–Crippen LogP) is 3.65. The predicted molar refractivity (Wildman–Crippen MR) is 86.9 cm³/mol. The molecule has 5 heteroatoms. The number of nitrogens with one attached hydrogen (secondary N) is 1. The monoisotopic (exact) mass is 307 g/mol. The molecule has 2 heterocycles. The van der Waals surface area contributed by atoms with E-state index in [0.29, 0.717) is 6.04 Å². The van der Waals surface area contributed by atoms with Crippen LogP contribution >= 0.6 is 22.9 Å². The Hall–Kier alpha value is -1.10. The van der Waals surface area contributed by atoms with Crippen LogP contribution < -0.4 is 10.2 Å². The molecule has 1 aliphatic heterocycles. The molecule has 1 aliphatic rings. The quantitative estimate of drug-likeness (QED) is 0.938. The van der Waals surface area contributed by atoms with E-state index in [-0.39, 0.29) is 0 Å². The summed E-state index contributed by atoms with van der Waals surface area (Å²) in [5.74, 6) is 0. The highest BCUT2D eigenvalue weighted by atomic mass is 35.5. The first-order valence-corrected chi connectivity index (χ1v) is 8.09. The van der Waals surface area contributed by atoms with Crippen molar-refractivity contribution in [3.05, 3.63) is 35.5 Å². The minimum absolute atomic E-state index is 0.598.